The van der Waals surface area contributed by atoms with E-state index in [1.807, 2.05) is 30.3 Å². The lowest BCUT2D eigenvalue weighted by molar-refractivity contribution is 0.00937. The number of benzene rings is 1. The molecule has 7 heteroatoms. The second-order valence-electron chi connectivity index (χ2n) is 7.04. The standard InChI is InChI=1S/C18H25FN2O4/c1-18(2,3)25-17(23)21-10-9-15(14(19)11-21)20-16(22)24-12-13-7-5-4-6-8-13/h4-8,14-15H,9-12H2,1-3H3,(H,20,22). The number of halogens is 1. The first-order valence-corrected chi connectivity index (χ1v) is 8.34. The van der Waals surface area contributed by atoms with Gasteiger partial charge < -0.3 is 19.7 Å². The monoisotopic (exact) mass is 352 g/mol. The third-order valence-corrected chi connectivity index (χ3v) is 3.71. The van der Waals surface area contributed by atoms with Crippen molar-refractivity contribution >= 4 is 12.2 Å². The Balaban J connectivity index is 1.77. The van der Waals surface area contributed by atoms with Gasteiger partial charge in [-0.15, -0.1) is 0 Å². The Morgan fingerprint density at radius 2 is 1.96 bits per heavy atom. The first-order valence-electron chi connectivity index (χ1n) is 8.34. The van der Waals surface area contributed by atoms with E-state index in [2.05, 4.69) is 5.32 Å². The van der Waals surface area contributed by atoms with Crippen LogP contribution in [0.2, 0.25) is 0 Å². The molecule has 6 nitrogen and oxygen atoms in total. The molecule has 0 aromatic heterocycles. The smallest absolute Gasteiger partial charge is 0.410 e. The Hall–Kier alpha value is -2.31. The Kier molecular flexibility index (Phi) is 6.22. The van der Waals surface area contributed by atoms with Gasteiger partial charge in [0, 0.05) is 6.54 Å². The van der Waals surface area contributed by atoms with Gasteiger partial charge in [-0.05, 0) is 32.8 Å². The maximum absolute atomic E-state index is 14.3. The van der Waals surface area contributed by atoms with Crippen molar-refractivity contribution in [1.29, 1.82) is 0 Å². The van der Waals surface area contributed by atoms with Crippen LogP contribution in [0.1, 0.15) is 32.8 Å². The number of hydrogen-bond acceptors (Lipinski definition) is 4. The molecular weight excluding hydrogens is 327 g/mol. The van der Waals surface area contributed by atoms with Crippen molar-refractivity contribution in [3.8, 4) is 0 Å². The van der Waals surface area contributed by atoms with Crippen LogP contribution >= 0.6 is 0 Å². The number of amides is 2. The van der Waals surface area contributed by atoms with Crippen molar-refractivity contribution in [3.63, 3.8) is 0 Å². The van der Waals surface area contributed by atoms with Gasteiger partial charge in [-0.1, -0.05) is 30.3 Å². The van der Waals surface area contributed by atoms with E-state index in [1.165, 1.54) is 4.90 Å². The summed E-state index contributed by atoms with van der Waals surface area (Å²) in [6.07, 6.45) is -2.27. The molecule has 1 fully saturated rings. The largest absolute Gasteiger partial charge is 0.445 e. The van der Waals surface area contributed by atoms with Gasteiger partial charge in [0.1, 0.15) is 18.4 Å². The minimum absolute atomic E-state index is 0.113. The maximum atomic E-state index is 14.3. The van der Waals surface area contributed by atoms with Crippen LogP contribution in [0.4, 0.5) is 14.0 Å². The number of alkyl halides is 1. The number of nitrogens with zero attached hydrogens (tertiary/aromatic N) is 1. The van der Waals surface area contributed by atoms with Gasteiger partial charge in [0.2, 0.25) is 0 Å². The molecule has 1 aromatic carbocycles. The Morgan fingerprint density at radius 1 is 1.28 bits per heavy atom. The minimum atomic E-state index is -1.37. The number of carbonyl (C=O) groups is 2. The van der Waals surface area contributed by atoms with Crippen molar-refractivity contribution in [2.45, 2.75) is 51.6 Å². The highest BCUT2D eigenvalue weighted by Crippen LogP contribution is 2.18. The average Bonchev–Trinajstić information content (AvgIpc) is 2.54. The van der Waals surface area contributed by atoms with E-state index in [1.54, 1.807) is 20.8 Å². The molecule has 1 aromatic rings. The summed E-state index contributed by atoms with van der Waals surface area (Å²) in [4.78, 5) is 25.1. The van der Waals surface area contributed by atoms with Crippen molar-refractivity contribution < 1.29 is 23.5 Å². The molecule has 1 N–H and O–H groups in total. The Bertz CT molecular complexity index is 588. The number of likely N-dealkylation sites (tertiary alicyclic amines) is 1. The quantitative estimate of drug-likeness (QED) is 0.907. The van der Waals surface area contributed by atoms with Crippen LogP contribution in [0, 0.1) is 0 Å². The number of piperidine rings is 1. The molecule has 1 aliphatic rings. The van der Waals surface area contributed by atoms with Crippen LogP contribution < -0.4 is 5.32 Å². The highest BCUT2D eigenvalue weighted by atomic mass is 19.1. The summed E-state index contributed by atoms with van der Waals surface area (Å²) >= 11 is 0. The van der Waals surface area contributed by atoms with E-state index >= 15 is 0 Å². The van der Waals surface area contributed by atoms with Crippen molar-refractivity contribution in [2.75, 3.05) is 13.1 Å². The van der Waals surface area contributed by atoms with Crippen LogP contribution in [-0.2, 0) is 16.1 Å². The molecular formula is C18H25FN2O4. The number of carbonyl (C=O) groups excluding carboxylic acids is 2. The highest BCUT2D eigenvalue weighted by Gasteiger charge is 2.34. The lowest BCUT2D eigenvalue weighted by Gasteiger charge is -2.35. The first kappa shape index (κ1) is 19.0. The van der Waals surface area contributed by atoms with Gasteiger partial charge in [0.25, 0.3) is 0 Å². The Labute approximate surface area is 147 Å². The normalized spacial score (nSPS) is 20.7. The molecule has 1 heterocycles. The van der Waals surface area contributed by atoms with E-state index in [0.29, 0.717) is 13.0 Å². The van der Waals surface area contributed by atoms with Crippen LogP contribution in [0.5, 0.6) is 0 Å². The number of hydrogen-bond donors (Lipinski definition) is 1. The molecule has 2 rings (SSSR count). The second-order valence-corrected chi connectivity index (χ2v) is 7.04. The number of alkyl carbamates (subject to hydrolysis) is 1. The number of nitrogens with one attached hydrogen (secondary N) is 1. The van der Waals surface area contributed by atoms with Gasteiger partial charge in [0.05, 0.1) is 12.6 Å². The molecule has 2 amide bonds. The highest BCUT2D eigenvalue weighted by molar-refractivity contribution is 5.69. The summed E-state index contributed by atoms with van der Waals surface area (Å²) in [6.45, 7) is 5.61. The second kappa shape index (κ2) is 8.18. The summed E-state index contributed by atoms with van der Waals surface area (Å²) in [6, 6.07) is 8.56. The first-order chi connectivity index (χ1) is 11.7. The summed E-state index contributed by atoms with van der Waals surface area (Å²) in [5.41, 5.74) is 0.230. The lowest BCUT2D eigenvalue weighted by atomic mass is 10.0. The third kappa shape index (κ3) is 6.25. The van der Waals surface area contributed by atoms with E-state index in [-0.39, 0.29) is 13.2 Å². The summed E-state index contributed by atoms with van der Waals surface area (Å²) in [7, 11) is 0. The summed E-state index contributed by atoms with van der Waals surface area (Å²) in [5, 5.41) is 2.53. The predicted molar refractivity (Wildman–Crippen MR) is 90.9 cm³/mol. The molecule has 0 radical (unpaired) electrons. The van der Waals surface area contributed by atoms with Gasteiger partial charge in [-0.25, -0.2) is 14.0 Å². The van der Waals surface area contributed by atoms with Crippen LogP contribution in [0.25, 0.3) is 0 Å². The fraction of sp³-hybridized carbons (Fsp3) is 0.556. The molecule has 138 valence electrons. The number of ether oxygens (including phenoxy) is 2. The van der Waals surface area contributed by atoms with Gasteiger partial charge in [-0.3, -0.25) is 0 Å². The van der Waals surface area contributed by atoms with Crippen molar-refractivity contribution in [1.82, 2.24) is 10.2 Å². The molecule has 2 atom stereocenters. The molecule has 25 heavy (non-hydrogen) atoms. The minimum Gasteiger partial charge on any atom is -0.445 e. The van der Waals surface area contributed by atoms with E-state index < -0.39 is 30.0 Å². The molecule has 2 unspecified atom stereocenters. The maximum Gasteiger partial charge on any atom is 0.410 e. The van der Waals surface area contributed by atoms with Crippen LogP contribution in [0.3, 0.4) is 0 Å². The van der Waals surface area contributed by atoms with Gasteiger partial charge in [-0.2, -0.15) is 0 Å². The van der Waals surface area contributed by atoms with Crippen molar-refractivity contribution in [2.24, 2.45) is 0 Å². The summed E-state index contributed by atoms with van der Waals surface area (Å²) in [5.74, 6) is 0. The predicted octanol–water partition coefficient (Wildman–Crippen LogP) is 3.26. The topological polar surface area (TPSA) is 67.9 Å². The van der Waals surface area contributed by atoms with Gasteiger partial charge >= 0.3 is 12.2 Å². The molecule has 0 aliphatic carbocycles. The van der Waals surface area contributed by atoms with Gasteiger partial charge in [0.15, 0.2) is 0 Å². The molecule has 0 spiro atoms. The van der Waals surface area contributed by atoms with Crippen LogP contribution in [0.15, 0.2) is 30.3 Å². The van der Waals surface area contributed by atoms with E-state index in [9.17, 15) is 14.0 Å². The van der Waals surface area contributed by atoms with Crippen LogP contribution in [-0.4, -0.2) is 48.0 Å². The zero-order valence-corrected chi connectivity index (χ0v) is 14.8. The Morgan fingerprint density at radius 3 is 2.56 bits per heavy atom. The fourth-order valence-corrected chi connectivity index (χ4v) is 2.48. The summed E-state index contributed by atoms with van der Waals surface area (Å²) < 4.78 is 24.6. The molecule has 0 saturated carbocycles. The fourth-order valence-electron chi connectivity index (χ4n) is 2.48. The molecule has 1 saturated heterocycles. The third-order valence-electron chi connectivity index (χ3n) is 3.71. The van der Waals surface area contributed by atoms with E-state index in [0.717, 1.165) is 5.56 Å². The molecule has 0 bridgehead atoms. The zero-order chi connectivity index (χ0) is 18.4. The van der Waals surface area contributed by atoms with E-state index in [4.69, 9.17) is 9.47 Å². The number of rotatable bonds is 3. The SMILES string of the molecule is CC(C)(C)OC(=O)N1CCC(NC(=O)OCc2ccccc2)C(F)C1. The zero-order valence-electron chi connectivity index (χ0n) is 14.8. The molecule has 1 aliphatic heterocycles. The lowest BCUT2D eigenvalue weighted by Crippen LogP contribution is -2.54. The van der Waals surface area contributed by atoms with Crippen molar-refractivity contribution in [3.05, 3.63) is 35.9 Å². The average molecular weight is 352 g/mol.